The summed E-state index contributed by atoms with van der Waals surface area (Å²) in [5.41, 5.74) is 2.17. The van der Waals surface area contributed by atoms with E-state index in [9.17, 15) is 14.0 Å². The first kappa shape index (κ1) is 31.0. The third kappa shape index (κ3) is 6.61. The van der Waals surface area contributed by atoms with Crippen LogP contribution >= 0.6 is 0 Å². The maximum absolute atomic E-state index is 13.8. The fourth-order valence-corrected chi connectivity index (χ4v) is 4.93. The quantitative estimate of drug-likeness (QED) is 0.321. The summed E-state index contributed by atoms with van der Waals surface area (Å²) < 4.78 is 46.4. The van der Waals surface area contributed by atoms with Crippen molar-refractivity contribution in [1.82, 2.24) is 9.80 Å². The molecule has 1 fully saturated rings. The zero-order valence-electron chi connectivity index (χ0n) is 25.1. The normalized spacial score (nSPS) is 13.3. The lowest BCUT2D eigenvalue weighted by molar-refractivity contribution is -0.127. The highest BCUT2D eigenvalue weighted by atomic mass is 19.1. The summed E-state index contributed by atoms with van der Waals surface area (Å²) in [7, 11) is 8.99. The van der Waals surface area contributed by atoms with Crippen LogP contribution in [0.1, 0.15) is 21.5 Å². The number of amides is 2. The van der Waals surface area contributed by atoms with Crippen molar-refractivity contribution in [1.29, 1.82) is 0 Å². The van der Waals surface area contributed by atoms with Crippen molar-refractivity contribution < 1.29 is 42.4 Å². The molecule has 1 saturated heterocycles. The van der Waals surface area contributed by atoms with Crippen molar-refractivity contribution >= 4 is 17.4 Å². The zero-order chi connectivity index (χ0) is 31.1. The first-order valence-electron chi connectivity index (χ1n) is 13.4. The van der Waals surface area contributed by atoms with E-state index in [2.05, 4.69) is 0 Å². The summed E-state index contributed by atoms with van der Waals surface area (Å²) in [6.45, 7) is 1.28. The molecule has 1 aliphatic heterocycles. The largest absolute Gasteiger partial charge is 0.493 e. The number of benzene rings is 3. The van der Waals surface area contributed by atoms with Crippen molar-refractivity contribution in [3.8, 4) is 34.5 Å². The highest BCUT2D eigenvalue weighted by Crippen LogP contribution is 2.41. The standard InChI is InChI=1S/C32H35FN2O8/c1-38-25-15-21(16-26(39-2)30(25)42-5)24(20-7-9-23(33)10-8-20)19-29(36)34-11-13-35(14-12-34)32(37)22-17-27(40-3)31(43-6)28(18-22)41-4/h7-10,15-19H,11-14H2,1-6H3/b24-19-. The Hall–Kier alpha value is -4.93. The van der Waals surface area contributed by atoms with Crippen LogP contribution < -0.4 is 28.4 Å². The first-order valence-corrected chi connectivity index (χ1v) is 13.4. The number of ether oxygens (including phenoxy) is 6. The van der Waals surface area contributed by atoms with Gasteiger partial charge in [-0.2, -0.15) is 0 Å². The van der Waals surface area contributed by atoms with Crippen LogP contribution in [0.25, 0.3) is 5.57 Å². The van der Waals surface area contributed by atoms with E-state index in [-0.39, 0.29) is 11.8 Å². The number of nitrogens with zero attached hydrogens (tertiary/aromatic N) is 2. The first-order chi connectivity index (χ1) is 20.8. The third-order valence-corrected chi connectivity index (χ3v) is 7.19. The molecule has 0 aromatic heterocycles. The Morgan fingerprint density at radius 1 is 0.605 bits per heavy atom. The maximum Gasteiger partial charge on any atom is 0.254 e. The number of rotatable bonds is 10. The Morgan fingerprint density at radius 2 is 1.02 bits per heavy atom. The van der Waals surface area contributed by atoms with Gasteiger partial charge >= 0.3 is 0 Å². The number of piperazine rings is 1. The van der Waals surface area contributed by atoms with E-state index in [1.165, 1.54) is 60.9 Å². The summed E-state index contributed by atoms with van der Waals surface area (Å²) in [6, 6.07) is 12.6. The van der Waals surface area contributed by atoms with Gasteiger partial charge in [-0.1, -0.05) is 12.1 Å². The minimum atomic E-state index is -0.396. The van der Waals surface area contributed by atoms with Crippen LogP contribution in [0, 0.1) is 5.82 Å². The summed E-state index contributed by atoms with van der Waals surface area (Å²) in [5.74, 6) is 1.52. The van der Waals surface area contributed by atoms with E-state index >= 15 is 0 Å². The van der Waals surface area contributed by atoms with Crippen LogP contribution in [0.4, 0.5) is 4.39 Å². The summed E-state index contributed by atoms with van der Waals surface area (Å²) in [5, 5.41) is 0. The molecule has 0 spiro atoms. The second-order valence-corrected chi connectivity index (χ2v) is 9.51. The molecular weight excluding hydrogens is 559 g/mol. The molecule has 0 bridgehead atoms. The molecule has 1 aliphatic rings. The molecule has 0 unspecified atom stereocenters. The van der Waals surface area contributed by atoms with Gasteiger partial charge in [-0.3, -0.25) is 9.59 Å². The summed E-state index contributed by atoms with van der Waals surface area (Å²) in [4.78, 5) is 30.3. The predicted octanol–water partition coefficient (Wildman–Crippen LogP) is 4.29. The SMILES string of the molecule is COc1cc(C(=O)N2CCN(C(=O)/C=C(/c3ccc(F)cc3)c3cc(OC)c(OC)c(OC)c3)CC2)cc(OC)c1OC. The fourth-order valence-electron chi connectivity index (χ4n) is 4.93. The highest BCUT2D eigenvalue weighted by molar-refractivity contribution is 6.00. The topological polar surface area (TPSA) is 96.0 Å². The highest BCUT2D eigenvalue weighted by Gasteiger charge is 2.27. The van der Waals surface area contributed by atoms with Gasteiger partial charge in [0, 0.05) is 37.8 Å². The van der Waals surface area contributed by atoms with Gasteiger partial charge in [0.2, 0.25) is 17.4 Å². The minimum absolute atomic E-state index is 0.216. The molecule has 0 aliphatic carbocycles. The van der Waals surface area contributed by atoms with E-state index in [0.29, 0.717) is 82.9 Å². The van der Waals surface area contributed by atoms with Gasteiger partial charge in [0.1, 0.15) is 5.82 Å². The number of hydrogen-bond acceptors (Lipinski definition) is 8. The van der Waals surface area contributed by atoms with Crippen molar-refractivity contribution in [2.45, 2.75) is 0 Å². The Morgan fingerprint density at radius 3 is 1.44 bits per heavy atom. The number of carbonyl (C=O) groups excluding carboxylic acids is 2. The lowest BCUT2D eigenvalue weighted by Gasteiger charge is -2.34. The van der Waals surface area contributed by atoms with Gasteiger partial charge in [0.15, 0.2) is 23.0 Å². The number of carbonyl (C=O) groups is 2. The molecule has 11 heteroatoms. The van der Waals surface area contributed by atoms with Crippen LogP contribution in [0.2, 0.25) is 0 Å². The lowest BCUT2D eigenvalue weighted by Crippen LogP contribution is -2.50. The summed E-state index contributed by atoms with van der Waals surface area (Å²) >= 11 is 0. The Bertz CT molecular complexity index is 1450. The molecule has 1 heterocycles. The van der Waals surface area contributed by atoms with Crippen LogP contribution in [-0.4, -0.2) is 90.5 Å². The maximum atomic E-state index is 13.8. The zero-order valence-corrected chi connectivity index (χ0v) is 25.1. The minimum Gasteiger partial charge on any atom is -0.493 e. The number of methoxy groups -OCH3 is 6. The number of hydrogen-bond donors (Lipinski definition) is 0. The van der Waals surface area contributed by atoms with Crippen molar-refractivity contribution in [2.24, 2.45) is 0 Å². The van der Waals surface area contributed by atoms with Gasteiger partial charge < -0.3 is 38.2 Å². The molecule has 0 saturated carbocycles. The molecule has 228 valence electrons. The van der Waals surface area contributed by atoms with E-state index in [0.717, 1.165) is 0 Å². The molecule has 2 amide bonds. The van der Waals surface area contributed by atoms with Crippen LogP contribution in [-0.2, 0) is 4.79 Å². The average molecular weight is 595 g/mol. The lowest BCUT2D eigenvalue weighted by atomic mass is 9.96. The Labute approximate surface area is 250 Å². The second kappa shape index (κ2) is 13.8. The van der Waals surface area contributed by atoms with Gasteiger partial charge in [-0.15, -0.1) is 0 Å². The molecule has 10 nitrogen and oxygen atoms in total. The molecule has 3 aromatic rings. The molecule has 0 atom stereocenters. The van der Waals surface area contributed by atoms with Gasteiger partial charge in [0.25, 0.3) is 5.91 Å². The van der Waals surface area contributed by atoms with Gasteiger partial charge in [0.05, 0.1) is 42.7 Å². The molecule has 0 N–H and O–H groups in total. The molecular formula is C32H35FN2O8. The molecule has 3 aromatic carbocycles. The average Bonchev–Trinajstić information content (AvgIpc) is 3.05. The third-order valence-electron chi connectivity index (χ3n) is 7.19. The van der Waals surface area contributed by atoms with Crippen LogP contribution in [0.15, 0.2) is 54.6 Å². The van der Waals surface area contributed by atoms with E-state index < -0.39 is 5.82 Å². The molecule has 0 radical (unpaired) electrons. The molecule has 43 heavy (non-hydrogen) atoms. The van der Waals surface area contributed by atoms with E-state index in [1.807, 2.05) is 0 Å². The van der Waals surface area contributed by atoms with Crippen molar-refractivity contribution in [3.05, 3.63) is 77.1 Å². The van der Waals surface area contributed by atoms with E-state index in [1.54, 1.807) is 46.2 Å². The van der Waals surface area contributed by atoms with Crippen molar-refractivity contribution in [2.75, 3.05) is 68.8 Å². The monoisotopic (exact) mass is 594 g/mol. The van der Waals surface area contributed by atoms with Crippen molar-refractivity contribution in [3.63, 3.8) is 0 Å². The van der Waals surface area contributed by atoms with Gasteiger partial charge in [-0.05, 0) is 53.1 Å². The predicted molar refractivity (Wildman–Crippen MR) is 158 cm³/mol. The summed E-state index contributed by atoms with van der Waals surface area (Å²) in [6.07, 6.45) is 1.50. The van der Waals surface area contributed by atoms with Crippen LogP contribution in [0.3, 0.4) is 0 Å². The fraction of sp³-hybridized carbons (Fsp3) is 0.312. The van der Waals surface area contributed by atoms with Gasteiger partial charge in [-0.25, -0.2) is 4.39 Å². The number of halogens is 1. The molecule has 4 rings (SSSR count). The van der Waals surface area contributed by atoms with E-state index in [4.69, 9.17) is 28.4 Å². The Kier molecular flexibility index (Phi) is 9.97. The Balaban J connectivity index is 1.59. The van der Waals surface area contributed by atoms with Crippen LogP contribution in [0.5, 0.6) is 34.5 Å². The second-order valence-electron chi connectivity index (χ2n) is 9.51. The smallest absolute Gasteiger partial charge is 0.254 e.